The van der Waals surface area contributed by atoms with Crippen molar-refractivity contribution in [1.82, 2.24) is 4.90 Å². The SMILES string of the molecule is CC1CCC(C)C(OCC(O)CN2CC(C)OC(C)C2)C1. The van der Waals surface area contributed by atoms with Gasteiger partial charge in [-0.3, -0.25) is 4.90 Å². The molecular formula is C17H33NO3. The number of hydrogen-bond donors (Lipinski definition) is 1. The first-order valence-corrected chi connectivity index (χ1v) is 8.61. The van der Waals surface area contributed by atoms with Crippen LogP contribution in [0, 0.1) is 11.8 Å². The maximum Gasteiger partial charge on any atom is 0.0900 e. The lowest BCUT2D eigenvalue weighted by Gasteiger charge is -2.37. The predicted octanol–water partition coefficient (Wildman–Crippen LogP) is 2.30. The fourth-order valence-electron chi connectivity index (χ4n) is 3.73. The molecule has 1 heterocycles. The molecular weight excluding hydrogens is 266 g/mol. The molecule has 0 aromatic heterocycles. The van der Waals surface area contributed by atoms with Crippen molar-refractivity contribution >= 4 is 0 Å². The van der Waals surface area contributed by atoms with Crippen molar-refractivity contribution < 1.29 is 14.6 Å². The molecule has 2 rings (SSSR count). The van der Waals surface area contributed by atoms with Crippen molar-refractivity contribution in [2.45, 2.75) is 71.4 Å². The summed E-state index contributed by atoms with van der Waals surface area (Å²) in [6.07, 6.45) is 4.13. The maximum absolute atomic E-state index is 10.2. The summed E-state index contributed by atoms with van der Waals surface area (Å²) in [5.74, 6) is 1.38. The molecule has 1 N–H and O–H groups in total. The summed E-state index contributed by atoms with van der Waals surface area (Å²) < 4.78 is 11.7. The van der Waals surface area contributed by atoms with Gasteiger partial charge in [0, 0.05) is 19.6 Å². The maximum atomic E-state index is 10.2. The number of aliphatic hydroxyl groups is 1. The van der Waals surface area contributed by atoms with Gasteiger partial charge in [-0.05, 0) is 38.5 Å². The summed E-state index contributed by atoms with van der Waals surface area (Å²) in [5.41, 5.74) is 0. The molecule has 4 heteroatoms. The monoisotopic (exact) mass is 299 g/mol. The van der Waals surface area contributed by atoms with Crippen LogP contribution in [0.25, 0.3) is 0 Å². The second-order valence-electron chi connectivity index (χ2n) is 7.40. The van der Waals surface area contributed by atoms with Crippen LogP contribution in [0.5, 0.6) is 0 Å². The standard InChI is InChI=1S/C17H33NO3/c1-12-5-6-13(2)17(7-12)20-11-16(19)10-18-8-14(3)21-15(4)9-18/h12-17,19H,5-11H2,1-4H3. The third-order valence-corrected chi connectivity index (χ3v) is 4.85. The average Bonchev–Trinajstić information content (AvgIpc) is 2.38. The third kappa shape index (κ3) is 5.51. The summed E-state index contributed by atoms with van der Waals surface area (Å²) in [5, 5.41) is 10.2. The zero-order chi connectivity index (χ0) is 15.4. The van der Waals surface area contributed by atoms with E-state index < -0.39 is 6.10 Å². The van der Waals surface area contributed by atoms with Crippen LogP contribution in [0.3, 0.4) is 0 Å². The topological polar surface area (TPSA) is 41.9 Å². The number of nitrogens with zero attached hydrogens (tertiary/aromatic N) is 1. The minimum absolute atomic E-state index is 0.251. The second-order valence-corrected chi connectivity index (χ2v) is 7.40. The fourth-order valence-corrected chi connectivity index (χ4v) is 3.73. The van der Waals surface area contributed by atoms with Gasteiger partial charge in [-0.15, -0.1) is 0 Å². The van der Waals surface area contributed by atoms with Crippen LogP contribution in [-0.4, -0.2) is 60.7 Å². The van der Waals surface area contributed by atoms with Crippen LogP contribution in [0.1, 0.15) is 47.0 Å². The predicted molar refractivity (Wildman–Crippen MR) is 84.4 cm³/mol. The van der Waals surface area contributed by atoms with Gasteiger partial charge in [0.2, 0.25) is 0 Å². The molecule has 0 radical (unpaired) electrons. The highest BCUT2D eigenvalue weighted by Gasteiger charge is 2.28. The number of β-amino-alcohol motifs (C(OH)–C–C–N with tert-alkyl or cyclic N) is 1. The molecule has 124 valence electrons. The van der Waals surface area contributed by atoms with Crippen molar-refractivity contribution in [2.24, 2.45) is 11.8 Å². The Balaban J connectivity index is 1.70. The normalized spacial score (nSPS) is 40.1. The van der Waals surface area contributed by atoms with Crippen molar-refractivity contribution in [2.75, 3.05) is 26.2 Å². The first-order valence-electron chi connectivity index (χ1n) is 8.61. The third-order valence-electron chi connectivity index (χ3n) is 4.85. The molecule has 0 aromatic rings. The molecule has 1 saturated carbocycles. The van der Waals surface area contributed by atoms with Gasteiger partial charge in [0.05, 0.1) is 31.0 Å². The molecule has 21 heavy (non-hydrogen) atoms. The van der Waals surface area contributed by atoms with Crippen LogP contribution in [0.4, 0.5) is 0 Å². The smallest absolute Gasteiger partial charge is 0.0900 e. The Morgan fingerprint density at radius 3 is 2.48 bits per heavy atom. The highest BCUT2D eigenvalue weighted by atomic mass is 16.5. The van der Waals surface area contributed by atoms with Gasteiger partial charge in [-0.1, -0.05) is 20.3 Å². The van der Waals surface area contributed by atoms with E-state index in [9.17, 15) is 5.11 Å². The summed E-state index contributed by atoms with van der Waals surface area (Å²) in [6.45, 7) is 11.7. The number of morpholine rings is 1. The van der Waals surface area contributed by atoms with Crippen LogP contribution in [-0.2, 0) is 9.47 Å². The van der Waals surface area contributed by atoms with Gasteiger partial charge in [0.15, 0.2) is 0 Å². The van der Waals surface area contributed by atoms with Crippen molar-refractivity contribution in [3.05, 3.63) is 0 Å². The number of aliphatic hydroxyl groups excluding tert-OH is 1. The van der Waals surface area contributed by atoms with Crippen molar-refractivity contribution in [1.29, 1.82) is 0 Å². The average molecular weight is 299 g/mol. The largest absolute Gasteiger partial charge is 0.389 e. The van der Waals surface area contributed by atoms with Gasteiger partial charge >= 0.3 is 0 Å². The van der Waals surface area contributed by atoms with Gasteiger partial charge in [0.1, 0.15) is 0 Å². The molecule has 4 nitrogen and oxygen atoms in total. The number of rotatable bonds is 5. The summed E-state index contributed by atoms with van der Waals surface area (Å²) >= 11 is 0. The van der Waals surface area contributed by atoms with E-state index in [4.69, 9.17) is 9.47 Å². The second kappa shape index (κ2) is 7.91. The van der Waals surface area contributed by atoms with Gasteiger partial charge in [-0.2, -0.15) is 0 Å². The van der Waals surface area contributed by atoms with Crippen LogP contribution >= 0.6 is 0 Å². The lowest BCUT2D eigenvalue weighted by Crippen LogP contribution is -2.48. The highest BCUT2D eigenvalue weighted by molar-refractivity contribution is 4.78. The fraction of sp³-hybridized carbons (Fsp3) is 1.00. The van der Waals surface area contributed by atoms with E-state index in [2.05, 4.69) is 32.6 Å². The van der Waals surface area contributed by atoms with E-state index >= 15 is 0 Å². The molecule has 0 bridgehead atoms. The minimum atomic E-state index is -0.396. The molecule has 0 amide bonds. The van der Waals surface area contributed by atoms with Crippen LogP contribution in [0.15, 0.2) is 0 Å². The van der Waals surface area contributed by atoms with Gasteiger partial charge in [-0.25, -0.2) is 0 Å². The van der Waals surface area contributed by atoms with E-state index in [1.807, 2.05) is 0 Å². The Hall–Kier alpha value is -0.160. The van der Waals surface area contributed by atoms with E-state index in [1.54, 1.807) is 0 Å². The van der Waals surface area contributed by atoms with Crippen molar-refractivity contribution in [3.8, 4) is 0 Å². The Morgan fingerprint density at radius 2 is 1.81 bits per heavy atom. The molecule has 0 aromatic carbocycles. The first-order chi connectivity index (χ1) is 9.94. The quantitative estimate of drug-likeness (QED) is 0.846. The van der Waals surface area contributed by atoms with E-state index in [0.717, 1.165) is 25.4 Å². The Bertz CT molecular complexity index is 302. The van der Waals surface area contributed by atoms with Gasteiger partial charge < -0.3 is 14.6 Å². The molecule has 1 aliphatic heterocycles. The van der Waals surface area contributed by atoms with E-state index in [-0.39, 0.29) is 12.2 Å². The number of ether oxygens (including phenoxy) is 2. The molecule has 2 aliphatic rings. The van der Waals surface area contributed by atoms with Gasteiger partial charge in [0.25, 0.3) is 0 Å². The lowest BCUT2D eigenvalue weighted by atomic mass is 9.82. The van der Waals surface area contributed by atoms with Crippen molar-refractivity contribution in [3.63, 3.8) is 0 Å². The first kappa shape index (κ1) is 17.2. The Kier molecular flexibility index (Phi) is 6.48. The zero-order valence-electron chi connectivity index (χ0n) is 14.1. The highest BCUT2D eigenvalue weighted by Crippen LogP contribution is 2.30. The van der Waals surface area contributed by atoms with E-state index in [1.165, 1.54) is 12.8 Å². The summed E-state index contributed by atoms with van der Waals surface area (Å²) in [4.78, 5) is 2.29. The molecule has 6 unspecified atom stereocenters. The van der Waals surface area contributed by atoms with E-state index in [0.29, 0.717) is 25.2 Å². The minimum Gasteiger partial charge on any atom is -0.389 e. The molecule has 2 fully saturated rings. The summed E-state index contributed by atoms with van der Waals surface area (Å²) in [7, 11) is 0. The summed E-state index contributed by atoms with van der Waals surface area (Å²) in [6, 6.07) is 0. The Morgan fingerprint density at radius 1 is 1.14 bits per heavy atom. The number of hydrogen-bond acceptors (Lipinski definition) is 4. The molecule has 1 saturated heterocycles. The molecule has 6 atom stereocenters. The Labute approximate surface area is 129 Å². The molecule has 1 aliphatic carbocycles. The lowest BCUT2D eigenvalue weighted by molar-refractivity contribution is -0.0931. The molecule has 0 spiro atoms. The van der Waals surface area contributed by atoms with Crippen LogP contribution < -0.4 is 0 Å². The zero-order valence-corrected chi connectivity index (χ0v) is 14.1. The van der Waals surface area contributed by atoms with Crippen LogP contribution in [0.2, 0.25) is 0 Å².